The minimum Gasteiger partial charge on any atom is -0.326 e. The van der Waals surface area contributed by atoms with Gasteiger partial charge in [0.05, 0.1) is 0 Å². The van der Waals surface area contributed by atoms with Crippen LogP contribution in [0, 0.1) is 12.3 Å². The zero-order valence-corrected chi connectivity index (χ0v) is 17.1. The average Bonchev–Trinajstić information content (AvgIpc) is 2.70. The Morgan fingerprint density at radius 1 is 1.21 bits per heavy atom. The first-order valence-corrected chi connectivity index (χ1v) is 9.66. The molecule has 0 saturated carbocycles. The average molecular weight is 399 g/mol. The van der Waals surface area contributed by atoms with Crippen LogP contribution in [0.2, 0.25) is 0 Å². The Balaban J connectivity index is 2.79. The molecule has 1 unspecified atom stereocenters. The van der Waals surface area contributed by atoms with E-state index in [0.717, 1.165) is 18.3 Å². The van der Waals surface area contributed by atoms with Gasteiger partial charge < -0.3 is 5.32 Å². The van der Waals surface area contributed by atoms with E-state index in [1.165, 1.54) is 0 Å². The first kappa shape index (κ1) is 24.1. The Labute approximate surface area is 172 Å². The summed E-state index contributed by atoms with van der Waals surface area (Å²) >= 11 is 0. The van der Waals surface area contributed by atoms with Crippen LogP contribution < -0.4 is 10.6 Å². The predicted molar refractivity (Wildman–Crippen MR) is 112 cm³/mol. The summed E-state index contributed by atoms with van der Waals surface area (Å²) in [6, 6.07) is 5.24. The lowest BCUT2D eigenvalue weighted by Crippen LogP contribution is -2.31. The van der Waals surface area contributed by atoms with Crippen LogP contribution in [0.1, 0.15) is 61.4 Å². The van der Waals surface area contributed by atoms with Gasteiger partial charge in [-0.2, -0.15) is 0 Å². The fourth-order valence-corrected chi connectivity index (χ4v) is 2.84. The number of anilines is 1. The first-order valence-electron chi connectivity index (χ1n) is 9.66. The minimum atomic E-state index is -0.327. The Hall–Kier alpha value is -2.98. The molecule has 1 aromatic rings. The smallest absolute Gasteiger partial charge is 0.226 e. The molecule has 7 nitrogen and oxygen atoms in total. The number of carbonyl (C=O) groups excluding carboxylic acids is 4. The highest BCUT2D eigenvalue weighted by Crippen LogP contribution is 2.23. The van der Waals surface area contributed by atoms with E-state index >= 15 is 0 Å². The third-order valence-corrected chi connectivity index (χ3v) is 4.76. The van der Waals surface area contributed by atoms with Gasteiger partial charge >= 0.3 is 0 Å². The summed E-state index contributed by atoms with van der Waals surface area (Å²) in [5.74, 6) is 2.11. The van der Waals surface area contributed by atoms with E-state index in [9.17, 15) is 19.2 Å². The van der Waals surface area contributed by atoms with Crippen molar-refractivity contribution in [1.29, 1.82) is 0 Å². The second-order valence-corrected chi connectivity index (χ2v) is 6.94. The maximum atomic E-state index is 12.2. The topological polar surface area (TPSA) is 95.6 Å². The van der Waals surface area contributed by atoms with E-state index < -0.39 is 0 Å². The van der Waals surface area contributed by atoms with E-state index in [2.05, 4.69) is 16.6 Å². The highest BCUT2D eigenvalue weighted by molar-refractivity contribution is 5.93. The molecule has 0 aliphatic heterocycles. The van der Waals surface area contributed by atoms with Gasteiger partial charge in [0.1, 0.15) is 6.29 Å². The maximum Gasteiger partial charge on any atom is 0.226 e. The maximum absolute atomic E-state index is 12.2. The van der Waals surface area contributed by atoms with Gasteiger partial charge in [-0.25, -0.2) is 0 Å². The van der Waals surface area contributed by atoms with Crippen molar-refractivity contribution in [2.24, 2.45) is 0 Å². The van der Waals surface area contributed by atoms with Crippen molar-refractivity contribution in [2.45, 2.75) is 58.0 Å². The molecule has 0 spiro atoms. The summed E-state index contributed by atoms with van der Waals surface area (Å²) in [7, 11) is 1.88. The van der Waals surface area contributed by atoms with Crippen molar-refractivity contribution in [1.82, 2.24) is 10.2 Å². The normalized spacial score (nSPS) is 11.4. The van der Waals surface area contributed by atoms with Crippen molar-refractivity contribution in [3.05, 3.63) is 29.3 Å². The number of benzene rings is 1. The molecule has 1 rings (SSSR count). The lowest BCUT2D eigenvalue weighted by atomic mass is 10.0. The Morgan fingerprint density at radius 3 is 2.62 bits per heavy atom. The number of carbonyl (C=O) groups is 4. The second-order valence-electron chi connectivity index (χ2n) is 6.94. The monoisotopic (exact) mass is 399 g/mol. The molecular weight excluding hydrogens is 370 g/mol. The van der Waals surface area contributed by atoms with Gasteiger partial charge in [-0.15, -0.1) is 12.3 Å². The van der Waals surface area contributed by atoms with Crippen LogP contribution in [0.25, 0.3) is 0 Å². The number of rotatable bonds is 13. The van der Waals surface area contributed by atoms with Gasteiger partial charge in [-0.1, -0.05) is 12.1 Å². The third-order valence-electron chi connectivity index (χ3n) is 4.76. The molecule has 0 bridgehead atoms. The number of amides is 3. The summed E-state index contributed by atoms with van der Waals surface area (Å²) < 4.78 is 0. The highest BCUT2D eigenvalue weighted by atomic mass is 16.2. The van der Waals surface area contributed by atoms with E-state index in [-0.39, 0.29) is 24.3 Å². The highest BCUT2D eigenvalue weighted by Gasteiger charge is 2.17. The summed E-state index contributed by atoms with van der Waals surface area (Å²) in [5.41, 5.74) is 1.84. The summed E-state index contributed by atoms with van der Waals surface area (Å²) in [5, 5.41) is 5.01. The van der Waals surface area contributed by atoms with Crippen LogP contribution >= 0.6 is 0 Å². The molecule has 2 N–H and O–H groups in total. The van der Waals surface area contributed by atoms with Gasteiger partial charge in [0.25, 0.3) is 0 Å². The SMILES string of the molecule is C#CCCCCC(=O)Nc1cccc(C=O)c1CN(C)C(C)CCC(=O)NC=O. The molecule has 0 aliphatic carbocycles. The van der Waals surface area contributed by atoms with Gasteiger partial charge in [0, 0.05) is 48.7 Å². The Kier molecular flexibility index (Phi) is 11.0. The van der Waals surface area contributed by atoms with E-state index in [1.54, 1.807) is 18.2 Å². The molecule has 1 atom stereocenters. The third kappa shape index (κ3) is 8.71. The van der Waals surface area contributed by atoms with Crippen LogP contribution in [-0.4, -0.2) is 42.5 Å². The lowest BCUT2D eigenvalue weighted by molar-refractivity contribution is -0.125. The van der Waals surface area contributed by atoms with Crippen molar-refractivity contribution in [3.63, 3.8) is 0 Å². The van der Waals surface area contributed by atoms with Crippen molar-refractivity contribution >= 4 is 30.2 Å². The van der Waals surface area contributed by atoms with E-state index in [1.807, 2.05) is 18.9 Å². The zero-order chi connectivity index (χ0) is 21.6. The zero-order valence-electron chi connectivity index (χ0n) is 17.1. The summed E-state index contributed by atoms with van der Waals surface area (Å²) in [6.45, 7) is 2.39. The lowest BCUT2D eigenvalue weighted by Gasteiger charge is -2.26. The predicted octanol–water partition coefficient (Wildman–Crippen LogP) is 2.50. The largest absolute Gasteiger partial charge is 0.326 e. The molecule has 0 saturated heterocycles. The molecule has 0 heterocycles. The molecule has 1 aromatic carbocycles. The molecule has 0 radical (unpaired) electrons. The Bertz CT molecular complexity index is 755. The van der Waals surface area contributed by atoms with E-state index in [0.29, 0.717) is 49.9 Å². The van der Waals surface area contributed by atoms with Gasteiger partial charge in [0.2, 0.25) is 18.2 Å². The van der Waals surface area contributed by atoms with Crippen molar-refractivity contribution in [3.8, 4) is 12.3 Å². The summed E-state index contributed by atoms with van der Waals surface area (Å²) in [4.78, 5) is 47.5. The standard InChI is InChI=1S/C22H29N3O4/c1-4-5-6-7-11-22(29)24-20-10-8-9-18(15-26)19(20)14-25(3)17(2)12-13-21(28)23-16-27/h1,8-10,15-17H,5-7,11-14H2,2-3H3,(H,24,29)(H,23,27,28). The van der Waals surface area contributed by atoms with Gasteiger partial charge in [-0.3, -0.25) is 29.4 Å². The van der Waals surface area contributed by atoms with Crippen molar-refractivity contribution in [2.75, 3.05) is 12.4 Å². The molecule has 0 fully saturated rings. The molecule has 7 heteroatoms. The van der Waals surface area contributed by atoms with Crippen molar-refractivity contribution < 1.29 is 19.2 Å². The number of imide groups is 1. The fourth-order valence-electron chi connectivity index (χ4n) is 2.84. The van der Waals surface area contributed by atoms with Crippen LogP contribution in [0.5, 0.6) is 0 Å². The number of hydrogen-bond donors (Lipinski definition) is 2. The first-order chi connectivity index (χ1) is 13.9. The number of nitrogens with one attached hydrogen (secondary N) is 2. The molecule has 3 amide bonds. The number of aldehydes is 1. The number of nitrogens with zero attached hydrogens (tertiary/aromatic N) is 1. The minimum absolute atomic E-state index is 0.0272. The van der Waals surface area contributed by atoms with Crippen LogP contribution in [0.15, 0.2) is 18.2 Å². The number of hydrogen-bond acceptors (Lipinski definition) is 5. The van der Waals surface area contributed by atoms with E-state index in [4.69, 9.17) is 6.42 Å². The molecule has 29 heavy (non-hydrogen) atoms. The van der Waals surface area contributed by atoms with Gasteiger partial charge in [-0.05, 0) is 39.3 Å². The van der Waals surface area contributed by atoms with Crippen LogP contribution in [-0.2, 0) is 20.9 Å². The summed E-state index contributed by atoms with van der Waals surface area (Å²) in [6.07, 6.45) is 9.65. The fraction of sp³-hybridized carbons (Fsp3) is 0.455. The molecule has 0 aliphatic rings. The number of unbranched alkanes of at least 4 members (excludes halogenated alkanes) is 2. The number of terminal acetylenes is 1. The molecule has 156 valence electrons. The van der Waals surface area contributed by atoms with Crippen LogP contribution in [0.3, 0.4) is 0 Å². The van der Waals surface area contributed by atoms with Gasteiger partial charge in [0.15, 0.2) is 0 Å². The Morgan fingerprint density at radius 2 is 1.97 bits per heavy atom. The quantitative estimate of drug-likeness (QED) is 0.302. The van der Waals surface area contributed by atoms with Crippen LogP contribution in [0.4, 0.5) is 5.69 Å². The molecule has 0 aromatic heterocycles. The molecular formula is C22H29N3O4. The second kappa shape index (κ2) is 13.2.